The average molecular weight is 450 g/mol. The van der Waals surface area contributed by atoms with E-state index in [9.17, 15) is 22.3 Å². The van der Waals surface area contributed by atoms with Crippen LogP contribution in [0.15, 0.2) is 17.2 Å². The van der Waals surface area contributed by atoms with Crippen molar-refractivity contribution in [1.82, 2.24) is 24.3 Å². The number of nitrogens with zero attached hydrogens (tertiary/aromatic N) is 4. The van der Waals surface area contributed by atoms with Crippen molar-refractivity contribution < 1.29 is 22.3 Å². The van der Waals surface area contributed by atoms with Gasteiger partial charge in [-0.1, -0.05) is 22.9 Å². The number of aliphatic hydroxyl groups excluding tert-OH is 1. The van der Waals surface area contributed by atoms with E-state index in [0.717, 1.165) is 12.8 Å². The van der Waals surface area contributed by atoms with Crippen molar-refractivity contribution in [3.05, 3.63) is 28.0 Å². The van der Waals surface area contributed by atoms with E-state index in [4.69, 9.17) is 11.6 Å². The first-order valence-electron chi connectivity index (χ1n) is 8.11. The van der Waals surface area contributed by atoms with E-state index in [1.165, 1.54) is 16.7 Å². The smallest absolute Gasteiger partial charge is 0.291 e. The Hall–Kier alpha value is -1.73. The van der Waals surface area contributed by atoms with Crippen LogP contribution in [-0.2, 0) is 16.6 Å². The molecule has 0 unspecified atom stereocenters. The van der Waals surface area contributed by atoms with Gasteiger partial charge in [0, 0.05) is 11.7 Å². The molecule has 0 amide bonds. The van der Waals surface area contributed by atoms with Gasteiger partial charge in [0.15, 0.2) is 15.8 Å². The Kier molecular flexibility index (Phi) is 4.66. The van der Waals surface area contributed by atoms with Crippen LogP contribution in [0.3, 0.4) is 0 Å². The summed E-state index contributed by atoms with van der Waals surface area (Å²) in [5.41, 5.74) is -0.0518. The molecule has 0 aromatic carbocycles. The molecule has 3 heterocycles. The minimum absolute atomic E-state index is 0.0465. The molecule has 0 bridgehead atoms. The molecular formula is C15H14ClF2N5O3S2. The summed E-state index contributed by atoms with van der Waals surface area (Å²) in [5, 5.41) is 16.3. The maximum Gasteiger partial charge on any atom is 0.291 e. The maximum atomic E-state index is 12.9. The summed E-state index contributed by atoms with van der Waals surface area (Å²) in [5.74, 6) is 0.0695. The molecule has 4 rings (SSSR count). The van der Waals surface area contributed by atoms with Crippen LogP contribution in [0.1, 0.15) is 36.9 Å². The molecule has 2 N–H and O–H groups in total. The topological polar surface area (TPSA) is 109 Å². The van der Waals surface area contributed by atoms with Crippen LogP contribution >= 0.6 is 22.9 Å². The van der Waals surface area contributed by atoms with Crippen molar-refractivity contribution in [2.24, 2.45) is 0 Å². The number of pyridine rings is 1. The number of aromatic nitrogens is 4. The monoisotopic (exact) mass is 449 g/mol. The molecule has 3 aromatic rings. The van der Waals surface area contributed by atoms with Crippen LogP contribution in [0.2, 0.25) is 5.02 Å². The molecule has 1 saturated carbocycles. The zero-order valence-electron chi connectivity index (χ0n) is 14.4. The van der Waals surface area contributed by atoms with Crippen LogP contribution in [0.5, 0.6) is 0 Å². The molecule has 1 fully saturated rings. The van der Waals surface area contributed by atoms with Gasteiger partial charge in [0.1, 0.15) is 4.90 Å². The molecule has 0 aliphatic heterocycles. The molecule has 150 valence electrons. The highest BCUT2D eigenvalue weighted by molar-refractivity contribution is 7.89. The minimum atomic E-state index is -3.87. The van der Waals surface area contributed by atoms with Gasteiger partial charge < -0.3 is 5.11 Å². The largest absolute Gasteiger partial charge is 0.390 e. The lowest BCUT2D eigenvalue weighted by molar-refractivity contribution is 0.150. The van der Waals surface area contributed by atoms with Crippen LogP contribution in [0, 0.1) is 0 Å². The Labute approximate surface area is 167 Å². The first-order valence-corrected chi connectivity index (χ1v) is 10.8. The van der Waals surface area contributed by atoms with E-state index in [-0.39, 0.29) is 32.0 Å². The fourth-order valence-electron chi connectivity index (χ4n) is 2.71. The molecule has 0 radical (unpaired) electrons. The quantitative estimate of drug-likeness (QED) is 0.598. The third kappa shape index (κ3) is 3.39. The van der Waals surface area contributed by atoms with E-state index in [2.05, 4.69) is 19.9 Å². The summed E-state index contributed by atoms with van der Waals surface area (Å²) in [6.45, 7) is 1.32. The Morgan fingerprint density at radius 2 is 2.14 bits per heavy atom. The molecule has 8 nitrogen and oxygen atoms in total. The molecule has 1 aliphatic rings. The number of hydrogen-bond acceptors (Lipinski definition) is 7. The van der Waals surface area contributed by atoms with Crippen LogP contribution in [0.4, 0.5) is 8.78 Å². The number of alkyl halides is 2. The highest BCUT2D eigenvalue weighted by Crippen LogP contribution is 2.37. The highest BCUT2D eigenvalue weighted by Gasteiger charge is 2.41. The average Bonchev–Trinajstić information content (AvgIpc) is 3.04. The number of halogens is 3. The molecule has 0 atom stereocenters. The second-order valence-corrected chi connectivity index (χ2v) is 9.79. The molecule has 3 aromatic heterocycles. The number of nitrogens with one attached hydrogen (secondary N) is 1. The zero-order valence-corrected chi connectivity index (χ0v) is 16.7. The maximum absolute atomic E-state index is 12.9. The van der Waals surface area contributed by atoms with Crippen LogP contribution < -0.4 is 4.72 Å². The Balaban J connectivity index is 1.89. The highest BCUT2D eigenvalue weighted by atomic mass is 35.5. The van der Waals surface area contributed by atoms with Crippen molar-refractivity contribution in [3.63, 3.8) is 0 Å². The van der Waals surface area contributed by atoms with Crippen molar-refractivity contribution in [2.75, 3.05) is 0 Å². The predicted octanol–water partition coefficient (Wildman–Crippen LogP) is 2.77. The van der Waals surface area contributed by atoms with Gasteiger partial charge in [-0.3, -0.25) is 4.40 Å². The van der Waals surface area contributed by atoms with E-state index in [0.29, 0.717) is 11.3 Å². The van der Waals surface area contributed by atoms with E-state index in [1.54, 1.807) is 6.92 Å². The third-order valence-electron chi connectivity index (χ3n) is 4.39. The van der Waals surface area contributed by atoms with Gasteiger partial charge in [-0.15, -0.1) is 10.2 Å². The van der Waals surface area contributed by atoms with Crippen molar-refractivity contribution >= 4 is 38.5 Å². The van der Waals surface area contributed by atoms with Gasteiger partial charge in [-0.2, -0.15) is 0 Å². The summed E-state index contributed by atoms with van der Waals surface area (Å²) in [4.78, 5) is 4.09. The summed E-state index contributed by atoms with van der Waals surface area (Å²) in [6, 6.07) is 1.26. The van der Waals surface area contributed by atoms with E-state index >= 15 is 0 Å². The Bertz CT molecular complexity index is 1170. The lowest BCUT2D eigenvalue weighted by Gasteiger charge is -2.13. The molecule has 1 aliphatic carbocycles. The minimum Gasteiger partial charge on any atom is -0.390 e. The van der Waals surface area contributed by atoms with Gasteiger partial charge in [0.2, 0.25) is 10.0 Å². The first-order chi connectivity index (χ1) is 13.1. The zero-order chi connectivity index (χ0) is 20.3. The van der Waals surface area contributed by atoms with Gasteiger partial charge in [0.25, 0.3) is 6.43 Å². The number of rotatable bonds is 6. The number of sulfonamides is 1. The van der Waals surface area contributed by atoms with Gasteiger partial charge in [0.05, 0.1) is 22.8 Å². The van der Waals surface area contributed by atoms with E-state index < -0.39 is 33.6 Å². The van der Waals surface area contributed by atoms with Crippen molar-refractivity contribution in [1.29, 1.82) is 0 Å². The second kappa shape index (κ2) is 6.66. The van der Waals surface area contributed by atoms with Gasteiger partial charge >= 0.3 is 0 Å². The normalized spacial score (nSPS) is 16.2. The van der Waals surface area contributed by atoms with Crippen LogP contribution in [-0.4, -0.2) is 38.6 Å². The fourth-order valence-corrected chi connectivity index (χ4v) is 5.27. The lowest BCUT2D eigenvalue weighted by Crippen LogP contribution is -2.34. The predicted molar refractivity (Wildman–Crippen MR) is 97.9 cm³/mol. The Morgan fingerprint density at radius 3 is 2.71 bits per heavy atom. The standard InChI is InChI=1S/C15H14ClF2N5O3S2/c1-15(2-3-15)22-28(25,26)7-4-8(16)10-9(6-24)19-12(23(10)5-7)14-21-20-13(27-14)11(17)18/h4-5,11,22,24H,2-3,6H2,1H3. The number of imidazole rings is 1. The molecular weight excluding hydrogens is 436 g/mol. The third-order valence-corrected chi connectivity index (χ3v) is 7.21. The van der Waals surface area contributed by atoms with Gasteiger partial charge in [-0.05, 0) is 25.8 Å². The van der Waals surface area contributed by atoms with Crippen molar-refractivity contribution in [3.8, 4) is 10.8 Å². The Morgan fingerprint density at radius 1 is 1.43 bits per heavy atom. The van der Waals surface area contributed by atoms with E-state index in [1.807, 2.05) is 0 Å². The van der Waals surface area contributed by atoms with Crippen LogP contribution in [0.25, 0.3) is 16.3 Å². The molecule has 0 spiro atoms. The SMILES string of the molecule is CC1(NS(=O)(=O)c2cc(Cl)c3c(CO)nc(-c4nnc(C(F)F)s4)n3c2)CC1. The number of hydrogen-bond donors (Lipinski definition) is 2. The first kappa shape index (κ1) is 19.6. The summed E-state index contributed by atoms with van der Waals surface area (Å²) in [7, 11) is -3.87. The molecule has 0 saturated heterocycles. The number of aliphatic hydroxyl groups is 1. The fraction of sp³-hybridized carbons (Fsp3) is 0.400. The number of fused-ring (bicyclic) bond motifs is 1. The lowest BCUT2D eigenvalue weighted by atomic mass is 10.3. The summed E-state index contributed by atoms with van der Waals surface area (Å²) in [6.07, 6.45) is -0.0546. The second-order valence-electron chi connectivity index (χ2n) is 6.69. The molecule has 13 heteroatoms. The summed E-state index contributed by atoms with van der Waals surface area (Å²) >= 11 is 6.91. The van der Waals surface area contributed by atoms with Crippen molar-refractivity contribution in [2.45, 2.75) is 43.2 Å². The summed E-state index contributed by atoms with van der Waals surface area (Å²) < 4.78 is 55.1. The van der Waals surface area contributed by atoms with Gasteiger partial charge in [-0.25, -0.2) is 26.9 Å². The molecule has 28 heavy (non-hydrogen) atoms.